The summed E-state index contributed by atoms with van der Waals surface area (Å²) in [5, 5.41) is 6.64. The van der Waals surface area contributed by atoms with Crippen LogP contribution in [-0.2, 0) is 16.4 Å². The Morgan fingerprint density at radius 2 is 1.90 bits per heavy atom. The predicted octanol–water partition coefficient (Wildman–Crippen LogP) is 3.84. The van der Waals surface area contributed by atoms with Gasteiger partial charge in [0.1, 0.15) is 4.90 Å². The molecule has 1 aromatic carbocycles. The zero-order valence-electron chi connectivity index (χ0n) is 10.2. The number of halogens is 3. The smallest absolute Gasteiger partial charge is 0.266 e. The zero-order valence-corrected chi connectivity index (χ0v) is 14.2. The Morgan fingerprint density at radius 1 is 1.30 bits per heavy atom. The van der Waals surface area contributed by atoms with Gasteiger partial charge in [-0.3, -0.25) is 9.82 Å². The van der Waals surface area contributed by atoms with E-state index in [1.807, 2.05) is 6.92 Å². The third-order valence-electron chi connectivity index (χ3n) is 2.48. The van der Waals surface area contributed by atoms with Crippen molar-refractivity contribution in [2.75, 3.05) is 4.72 Å². The van der Waals surface area contributed by atoms with Crippen LogP contribution in [0.1, 0.15) is 12.6 Å². The largest absolute Gasteiger partial charge is 0.280 e. The van der Waals surface area contributed by atoms with E-state index in [-0.39, 0.29) is 20.8 Å². The maximum absolute atomic E-state index is 12.3. The maximum Gasteiger partial charge on any atom is 0.266 e. The Labute approximate surface area is 134 Å². The molecule has 1 heterocycles. The predicted molar refractivity (Wildman–Crippen MR) is 82.9 cm³/mol. The molecule has 2 aromatic rings. The molecule has 0 amide bonds. The summed E-state index contributed by atoms with van der Waals surface area (Å²) < 4.78 is 27.5. The Bertz CT molecular complexity index is 723. The average Bonchev–Trinajstić information content (AvgIpc) is 2.73. The fraction of sp³-hybridized carbons (Fsp3) is 0.182. The van der Waals surface area contributed by atoms with Gasteiger partial charge < -0.3 is 0 Å². The maximum atomic E-state index is 12.3. The summed E-state index contributed by atoms with van der Waals surface area (Å²) in [7, 11) is -3.90. The van der Waals surface area contributed by atoms with Gasteiger partial charge in [0.15, 0.2) is 5.82 Å². The van der Waals surface area contributed by atoms with Gasteiger partial charge in [-0.25, -0.2) is 8.42 Å². The molecule has 2 N–H and O–H groups in total. The average molecular weight is 399 g/mol. The topological polar surface area (TPSA) is 74.8 Å². The first-order chi connectivity index (χ1) is 9.33. The number of aromatic amines is 1. The lowest BCUT2D eigenvalue weighted by atomic mass is 10.3. The van der Waals surface area contributed by atoms with Crippen LogP contribution in [0.15, 0.2) is 27.6 Å². The molecule has 0 bridgehead atoms. The quantitative estimate of drug-likeness (QED) is 0.821. The van der Waals surface area contributed by atoms with Gasteiger partial charge in [0.05, 0.1) is 10.0 Å². The van der Waals surface area contributed by atoms with E-state index in [4.69, 9.17) is 23.2 Å². The van der Waals surface area contributed by atoms with Gasteiger partial charge in [-0.1, -0.05) is 46.1 Å². The van der Waals surface area contributed by atoms with Crippen molar-refractivity contribution in [3.63, 3.8) is 0 Å². The van der Waals surface area contributed by atoms with E-state index in [0.717, 1.165) is 5.69 Å². The second kappa shape index (κ2) is 5.93. The molecular weight excluding hydrogens is 389 g/mol. The molecule has 9 heteroatoms. The molecule has 5 nitrogen and oxygen atoms in total. The number of aromatic nitrogens is 2. The summed E-state index contributed by atoms with van der Waals surface area (Å²) >= 11 is 15.1. The second-order valence-corrected chi connectivity index (χ2v) is 7.29. The number of H-pyrrole nitrogens is 1. The number of benzene rings is 1. The van der Waals surface area contributed by atoms with E-state index in [0.29, 0.717) is 10.9 Å². The van der Waals surface area contributed by atoms with Crippen molar-refractivity contribution in [1.29, 1.82) is 0 Å². The highest BCUT2D eigenvalue weighted by Gasteiger charge is 2.23. The van der Waals surface area contributed by atoms with Crippen molar-refractivity contribution in [1.82, 2.24) is 10.2 Å². The van der Waals surface area contributed by atoms with E-state index < -0.39 is 10.0 Å². The van der Waals surface area contributed by atoms with Crippen molar-refractivity contribution in [3.05, 3.63) is 38.4 Å². The number of hydrogen-bond donors (Lipinski definition) is 2. The summed E-state index contributed by atoms with van der Waals surface area (Å²) in [4.78, 5) is -0.176. The molecule has 0 saturated heterocycles. The van der Waals surface area contributed by atoms with Crippen LogP contribution in [0.25, 0.3) is 0 Å². The summed E-state index contributed by atoms with van der Waals surface area (Å²) in [6.07, 6.45) is 0.717. The van der Waals surface area contributed by atoms with Crippen LogP contribution < -0.4 is 4.72 Å². The molecule has 2 rings (SSSR count). The van der Waals surface area contributed by atoms with Crippen molar-refractivity contribution in [3.8, 4) is 0 Å². The summed E-state index contributed by atoms with van der Waals surface area (Å²) in [5.41, 5.74) is 0.815. The molecule has 0 radical (unpaired) electrons. The number of sulfonamides is 1. The minimum Gasteiger partial charge on any atom is -0.280 e. The standard InChI is InChI=1S/C11H10BrCl2N3O2S/c1-2-7-5-10(16-15-7)17-20(18,19)11-8(13)3-6(12)4-9(11)14/h3-5H,2H2,1H3,(H2,15,16,17). The third-order valence-corrected chi connectivity index (χ3v) is 5.22. The highest BCUT2D eigenvalue weighted by Crippen LogP contribution is 2.33. The Kier molecular flexibility index (Phi) is 4.63. The number of nitrogens with zero attached hydrogens (tertiary/aromatic N) is 1. The van der Waals surface area contributed by atoms with Gasteiger partial charge >= 0.3 is 0 Å². The molecule has 0 aliphatic heterocycles. The fourth-order valence-electron chi connectivity index (χ4n) is 1.57. The second-order valence-electron chi connectivity index (χ2n) is 3.94. The van der Waals surface area contributed by atoms with Crippen LogP contribution in [0, 0.1) is 0 Å². The van der Waals surface area contributed by atoms with E-state index >= 15 is 0 Å². The Balaban J connectivity index is 2.40. The van der Waals surface area contributed by atoms with E-state index in [2.05, 4.69) is 30.8 Å². The van der Waals surface area contributed by atoms with Crippen LogP contribution in [-0.4, -0.2) is 18.6 Å². The Hall–Kier alpha value is -0.760. The first-order valence-corrected chi connectivity index (χ1v) is 8.58. The minimum absolute atomic E-state index is 0.0307. The highest BCUT2D eigenvalue weighted by atomic mass is 79.9. The normalized spacial score (nSPS) is 11.6. The van der Waals surface area contributed by atoms with Gasteiger partial charge in [0.2, 0.25) is 0 Å². The molecule has 0 saturated carbocycles. The molecule has 0 aliphatic rings. The number of aryl methyl sites for hydroxylation is 1. The summed E-state index contributed by atoms with van der Waals surface area (Å²) in [6.45, 7) is 1.92. The van der Waals surface area contributed by atoms with E-state index in [1.165, 1.54) is 12.1 Å². The number of hydrogen-bond acceptors (Lipinski definition) is 3. The molecule has 0 spiro atoms. The van der Waals surface area contributed by atoms with E-state index in [9.17, 15) is 8.42 Å². The minimum atomic E-state index is -3.90. The van der Waals surface area contributed by atoms with Crippen LogP contribution in [0.2, 0.25) is 10.0 Å². The first kappa shape index (κ1) is 15.6. The fourth-order valence-corrected chi connectivity index (χ4v) is 4.50. The molecule has 1 aromatic heterocycles. The van der Waals surface area contributed by atoms with Crippen molar-refractivity contribution in [2.45, 2.75) is 18.2 Å². The van der Waals surface area contributed by atoms with Crippen LogP contribution in [0.5, 0.6) is 0 Å². The van der Waals surface area contributed by atoms with Gasteiger partial charge in [0.25, 0.3) is 10.0 Å². The number of rotatable bonds is 4. The summed E-state index contributed by atoms with van der Waals surface area (Å²) in [5.74, 6) is 0.192. The SMILES string of the molecule is CCc1cc(NS(=O)(=O)c2c(Cl)cc(Br)cc2Cl)n[nH]1. The Morgan fingerprint density at radius 3 is 2.40 bits per heavy atom. The molecule has 20 heavy (non-hydrogen) atoms. The number of anilines is 1. The van der Waals surface area contributed by atoms with E-state index in [1.54, 1.807) is 6.07 Å². The monoisotopic (exact) mass is 397 g/mol. The van der Waals surface area contributed by atoms with Crippen molar-refractivity contribution >= 4 is 55.0 Å². The van der Waals surface area contributed by atoms with Crippen molar-refractivity contribution in [2.24, 2.45) is 0 Å². The van der Waals surface area contributed by atoms with Crippen molar-refractivity contribution < 1.29 is 8.42 Å². The zero-order chi connectivity index (χ0) is 14.9. The number of nitrogens with one attached hydrogen (secondary N) is 2. The summed E-state index contributed by atoms with van der Waals surface area (Å²) in [6, 6.07) is 4.53. The van der Waals surface area contributed by atoms with Gasteiger partial charge in [-0.15, -0.1) is 0 Å². The third kappa shape index (κ3) is 3.28. The van der Waals surface area contributed by atoms with Crippen LogP contribution >= 0.6 is 39.1 Å². The molecule has 108 valence electrons. The highest BCUT2D eigenvalue weighted by molar-refractivity contribution is 9.10. The van der Waals surface area contributed by atoms with Gasteiger partial charge in [-0.2, -0.15) is 5.10 Å². The molecule has 0 atom stereocenters. The van der Waals surface area contributed by atoms with Gasteiger partial charge in [0, 0.05) is 16.2 Å². The van der Waals surface area contributed by atoms with Gasteiger partial charge in [-0.05, 0) is 18.6 Å². The lowest BCUT2D eigenvalue weighted by molar-refractivity contribution is 0.601. The van der Waals surface area contributed by atoms with Crippen LogP contribution in [0.4, 0.5) is 5.82 Å². The lowest BCUT2D eigenvalue weighted by Gasteiger charge is -2.09. The lowest BCUT2D eigenvalue weighted by Crippen LogP contribution is -2.14. The molecule has 0 fully saturated rings. The van der Waals surface area contributed by atoms with Crippen LogP contribution in [0.3, 0.4) is 0 Å². The molecule has 0 aliphatic carbocycles. The first-order valence-electron chi connectivity index (χ1n) is 5.55. The molecule has 0 unspecified atom stereocenters. The molecular formula is C11H10BrCl2N3O2S.